The second-order valence-corrected chi connectivity index (χ2v) is 30.5. The average molecular weight is 1120 g/mol. The molecule has 0 radical (unpaired) electrons. The predicted molar refractivity (Wildman–Crippen MR) is 360 cm³/mol. The largest absolute Gasteiger partial charge is 0.318 e. The molecule has 4 heterocycles. The minimum Gasteiger partial charge on any atom is -0.318 e. The lowest BCUT2D eigenvalue weighted by atomic mass is 9.34. The first-order valence-corrected chi connectivity index (χ1v) is 31.3. The van der Waals surface area contributed by atoms with E-state index in [-0.39, 0.29) is 33.8 Å². The Labute approximate surface area is 503 Å². The first-order valence-electron chi connectivity index (χ1n) is 29.7. The van der Waals surface area contributed by atoms with Crippen molar-refractivity contribution in [1.29, 1.82) is 0 Å². The van der Waals surface area contributed by atoms with Gasteiger partial charge < -0.3 is 19.3 Å². The Kier molecular flexibility index (Phi) is 13.0. The van der Waals surface area contributed by atoms with E-state index in [0.717, 1.165) is 39.8 Å². The van der Waals surface area contributed by atoms with Crippen LogP contribution < -0.4 is 31.2 Å². The average Bonchev–Trinajstić information content (AvgIpc) is 1.68. The predicted octanol–water partition coefficient (Wildman–Crippen LogP) is 20.3. The fourth-order valence-electron chi connectivity index (χ4n) is 12.7. The highest BCUT2D eigenvalue weighted by Crippen LogP contribution is 2.56. The fraction of sp³-hybridized carbons (Fsp3) is 0.263. The van der Waals surface area contributed by atoms with Crippen molar-refractivity contribution in [1.82, 2.24) is 4.57 Å². The molecule has 0 bridgehead atoms. The minimum atomic E-state index is -0.182. The van der Waals surface area contributed by atoms with E-state index in [1.165, 1.54) is 91.9 Å². The van der Waals surface area contributed by atoms with Crippen LogP contribution in [0.15, 0.2) is 214 Å². The minimum absolute atomic E-state index is 0.00842. The maximum atomic E-state index is 2.67. The molecule has 0 saturated heterocycles. The third kappa shape index (κ3) is 9.51. The lowest BCUT2D eigenvalue weighted by Crippen LogP contribution is -2.63. The van der Waals surface area contributed by atoms with Crippen molar-refractivity contribution in [2.45, 2.75) is 151 Å². The van der Waals surface area contributed by atoms with Crippen LogP contribution in [0.4, 0.5) is 51.2 Å². The zero-order valence-electron chi connectivity index (χ0n) is 51.2. The molecule has 1 aromatic heterocycles. The first-order chi connectivity index (χ1) is 39.3. The molecule has 4 nitrogen and oxygen atoms in total. The number of para-hydroxylation sites is 1. The van der Waals surface area contributed by atoms with Crippen LogP contribution in [0.1, 0.15) is 132 Å². The molecule has 0 fully saturated rings. The number of aromatic nitrogens is 1. The molecule has 7 heteroatoms. The van der Waals surface area contributed by atoms with Gasteiger partial charge >= 0.3 is 0 Å². The third-order valence-corrected chi connectivity index (χ3v) is 20.0. The molecule has 0 saturated carbocycles. The van der Waals surface area contributed by atoms with Crippen molar-refractivity contribution in [2.75, 3.05) is 14.7 Å². The van der Waals surface area contributed by atoms with Crippen LogP contribution in [0.3, 0.4) is 0 Å². The lowest BCUT2D eigenvalue weighted by molar-refractivity contribution is 0.590. The molecule has 0 atom stereocenters. The summed E-state index contributed by atoms with van der Waals surface area (Å²) in [6.45, 7) is 34.6. The maximum Gasteiger partial charge on any atom is 0.273 e. The van der Waals surface area contributed by atoms with Crippen LogP contribution >= 0.6 is 23.5 Å². The highest BCUT2D eigenvalue weighted by atomic mass is 32.2. The Hall–Kier alpha value is -7.32. The Morgan fingerprint density at radius 2 is 0.807 bits per heavy atom. The SMILES string of the molecule is CC(C)(C)c1ccc(N(c2ccc(C(C)(C)C)cc2)c2cc3c4c(c2)N(c2ccc(C(C)(C)C)cc2)c2c(n(-c5ccccc5)c5c6c(ccc25)Sc2ccccc2S6)B4c2cc(C(C)(C)C)ccc2N3c2ccc(C(C)(C)C)cc2)cc1. The molecule has 0 aliphatic carbocycles. The Bertz CT molecular complexity index is 4090. The molecule has 13 rings (SSSR count). The van der Waals surface area contributed by atoms with E-state index in [0.29, 0.717) is 0 Å². The third-order valence-electron chi connectivity index (χ3n) is 17.4. The summed E-state index contributed by atoms with van der Waals surface area (Å²) in [5, 5.41) is 1.23. The zero-order chi connectivity index (χ0) is 58.3. The second-order valence-electron chi connectivity index (χ2n) is 28.4. The van der Waals surface area contributed by atoms with Crippen molar-refractivity contribution in [3.8, 4) is 5.69 Å². The van der Waals surface area contributed by atoms with Gasteiger partial charge in [0.2, 0.25) is 0 Å². The van der Waals surface area contributed by atoms with Crippen molar-refractivity contribution in [2.24, 2.45) is 0 Å². The summed E-state index contributed by atoms with van der Waals surface area (Å²) < 4.78 is 2.67. The van der Waals surface area contributed by atoms with Crippen LogP contribution in [-0.4, -0.2) is 11.3 Å². The summed E-state index contributed by atoms with van der Waals surface area (Å²) >= 11 is 3.81. The van der Waals surface area contributed by atoms with Gasteiger partial charge in [0.1, 0.15) is 0 Å². The number of hydrogen-bond acceptors (Lipinski definition) is 5. The van der Waals surface area contributed by atoms with Crippen LogP contribution in [0.5, 0.6) is 0 Å². The molecule has 10 aromatic rings. The Morgan fingerprint density at radius 1 is 0.361 bits per heavy atom. The van der Waals surface area contributed by atoms with Crippen molar-refractivity contribution >= 4 is 109 Å². The van der Waals surface area contributed by atoms with Gasteiger partial charge in [0, 0.05) is 71.2 Å². The highest BCUT2D eigenvalue weighted by Gasteiger charge is 2.48. The van der Waals surface area contributed by atoms with E-state index in [1.807, 2.05) is 23.5 Å². The molecule has 0 spiro atoms. The van der Waals surface area contributed by atoms with Gasteiger partial charge in [-0.3, -0.25) is 0 Å². The zero-order valence-corrected chi connectivity index (χ0v) is 52.8. The molecular weight excluding hydrogens is 1040 g/mol. The van der Waals surface area contributed by atoms with Gasteiger partial charge in [0.05, 0.1) is 21.8 Å². The van der Waals surface area contributed by atoms with Gasteiger partial charge in [-0.25, -0.2) is 0 Å². The second kappa shape index (κ2) is 19.6. The van der Waals surface area contributed by atoms with Crippen LogP contribution in [-0.2, 0) is 27.1 Å². The smallest absolute Gasteiger partial charge is 0.273 e. The molecular formula is C76H77BN4S2. The lowest BCUT2D eigenvalue weighted by Gasteiger charge is -2.45. The van der Waals surface area contributed by atoms with Gasteiger partial charge in [0.15, 0.2) is 0 Å². The molecule has 3 aliphatic rings. The van der Waals surface area contributed by atoms with Crippen LogP contribution in [0, 0.1) is 0 Å². The molecule has 0 N–H and O–H groups in total. The number of anilines is 9. The summed E-state index contributed by atoms with van der Waals surface area (Å²) in [7, 11) is 0. The van der Waals surface area contributed by atoms with Crippen LogP contribution in [0.2, 0.25) is 0 Å². The number of nitrogens with zero attached hydrogens (tertiary/aromatic N) is 4. The number of fused-ring (bicyclic) bond motifs is 9. The summed E-state index contributed by atoms with van der Waals surface area (Å²) in [5.41, 5.74) is 22.9. The number of benzene rings is 9. The monoisotopic (exact) mass is 1120 g/mol. The molecule has 3 aliphatic heterocycles. The topological polar surface area (TPSA) is 14.7 Å². The Balaban J connectivity index is 1.20. The van der Waals surface area contributed by atoms with Gasteiger partial charge in [-0.1, -0.05) is 218 Å². The van der Waals surface area contributed by atoms with Gasteiger partial charge in [-0.2, -0.15) is 0 Å². The van der Waals surface area contributed by atoms with Crippen molar-refractivity contribution in [3.05, 3.63) is 222 Å². The van der Waals surface area contributed by atoms with E-state index in [4.69, 9.17) is 0 Å². The van der Waals surface area contributed by atoms with Gasteiger partial charge in [-0.05, 0) is 169 Å². The summed E-state index contributed by atoms with van der Waals surface area (Å²) in [5.74, 6) is 0. The maximum absolute atomic E-state index is 2.67. The number of hydrogen-bond donors (Lipinski definition) is 0. The molecule has 9 aromatic carbocycles. The van der Waals surface area contributed by atoms with Gasteiger partial charge in [0.25, 0.3) is 6.71 Å². The van der Waals surface area contributed by atoms with Crippen LogP contribution in [0.25, 0.3) is 16.6 Å². The van der Waals surface area contributed by atoms with E-state index in [2.05, 4.69) is 317 Å². The summed E-state index contributed by atoms with van der Waals surface area (Å²) in [6, 6.07) is 75.1. The van der Waals surface area contributed by atoms with E-state index >= 15 is 0 Å². The first kappa shape index (κ1) is 54.9. The fourth-order valence-corrected chi connectivity index (χ4v) is 15.1. The van der Waals surface area contributed by atoms with E-state index in [1.54, 1.807) is 0 Å². The van der Waals surface area contributed by atoms with E-state index in [9.17, 15) is 0 Å². The van der Waals surface area contributed by atoms with E-state index < -0.39 is 0 Å². The quantitative estimate of drug-likeness (QED) is 0.154. The Morgan fingerprint density at radius 3 is 1.31 bits per heavy atom. The van der Waals surface area contributed by atoms with Gasteiger partial charge in [-0.15, -0.1) is 0 Å². The normalized spacial score (nSPS) is 14.0. The standard InChI is InChI=1S/C76H77BN4S2/c1-72(2,3)48-25-34-54(35-26-48)78(55-36-27-49(28-37-55)73(4,5)6)58-46-62-67-63(47-58)80(57-40-31-51(32-41-57)75(10,11)12)69-59-42-44-66-70(83-65-24-20-19-23-64(65)82-66)68(59)81(53-21-17-16-18-22-53)71(69)77(67)60-45-52(76(13,14)15)33-43-61(60)79(62)56-38-29-50(30-39-56)74(7,8)9/h16-47H,1-15H3. The summed E-state index contributed by atoms with van der Waals surface area (Å²) in [4.78, 5) is 12.9. The number of rotatable bonds is 6. The molecule has 0 amide bonds. The molecule has 416 valence electrons. The summed E-state index contributed by atoms with van der Waals surface area (Å²) in [6.07, 6.45) is 0. The van der Waals surface area contributed by atoms with Crippen molar-refractivity contribution < 1.29 is 0 Å². The highest BCUT2D eigenvalue weighted by molar-refractivity contribution is 8.05. The molecule has 83 heavy (non-hydrogen) atoms. The molecule has 0 unspecified atom stereocenters. The van der Waals surface area contributed by atoms with Crippen molar-refractivity contribution in [3.63, 3.8) is 0 Å².